The van der Waals surface area contributed by atoms with Crippen molar-refractivity contribution in [2.45, 2.75) is 42.7 Å². The molecular formula is C18H26ClN5O3S. The first-order valence-corrected chi connectivity index (χ1v) is 10.8. The van der Waals surface area contributed by atoms with Crippen LogP contribution in [0.1, 0.15) is 36.2 Å². The van der Waals surface area contributed by atoms with Gasteiger partial charge in [0.1, 0.15) is 0 Å². The Morgan fingerprint density at radius 1 is 1.25 bits per heavy atom. The van der Waals surface area contributed by atoms with E-state index in [1.165, 1.54) is 0 Å². The molecule has 0 radical (unpaired) electrons. The summed E-state index contributed by atoms with van der Waals surface area (Å²) >= 11 is 0. The highest BCUT2D eigenvalue weighted by molar-refractivity contribution is 7.89. The summed E-state index contributed by atoms with van der Waals surface area (Å²) in [6.07, 6.45) is 3.20. The predicted molar refractivity (Wildman–Crippen MR) is 107 cm³/mol. The maximum absolute atomic E-state index is 12.2. The molecule has 1 aliphatic carbocycles. The maximum atomic E-state index is 12.2. The van der Waals surface area contributed by atoms with Gasteiger partial charge in [0.2, 0.25) is 15.9 Å². The lowest BCUT2D eigenvalue weighted by Gasteiger charge is -2.30. The molecule has 1 aliphatic heterocycles. The van der Waals surface area contributed by atoms with Gasteiger partial charge >= 0.3 is 0 Å². The number of sulfonamides is 1. The third kappa shape index (κ3) is 5.09. The quantitative estimate of drug-likeness (QED) is 0.686. The molecule has 2 heterocycles. The number of piperazine rings is 1. The number of likely N-dealkylation sites (N-methyl/N-ethyl adjacent to an activating group) is 1. The fraction of sp³-hybridized carbons (Fsp3) is 0.556. The molecule has 0 bridgehead atoms. The van der Waals surface area contributed by atoms with E-state index >= 15 is 0 Å². The van der Waals surface area contributed by atoms with Gasteiger partial charge in [-0.3, -0.25) is 4.90 Å². The number of nitrogens with one attached hydrogen (secondary N) is 2. The van der Waals surface area contributed by atoms with Crippen molar-refractivity contribution in [3.05, 3.63) is 41.5 Å². The Balaban J connectivity index is 0.00000225. The van der Waals surface area contributed by atoms with Crippen LogP contribution < -0.4 is 10.0 Å². The number of rotatable bonds is 7. The Labute approximate surface area is 171 Å². The molecule has 1 saturated carbocycles. The Hall–Kier alpha value is -1.52. The van der Waals surface area contributed by atoms with Gasteiger partial charge in [-0.1, -0.05) is 17.3 Å². The summed E-state index contributed by atoms with van der Waals surface area (Å²) < 4.78 is 32.5. The molecule has 1 aromatic heterocycles. The van der Waals surface area contributed by atoms with Crippen molar-refractivity contribution in [3.63, 3.8) is 0 Å². The fourth-order valence-corrected chi connectivity index (χ4v) is 4.48. The van der Waals surface area contributed by atoms with Crippen LogP contribution >= 0.6 is 12.4 Å². The topological polar surface area (TPSA) is 100 Å². The van der Waals surface area contributed by atoms with Gasteiger partial charge in [0.25, 0.3) is 0 Å². The summed E-state index contributed by atoms with van der Waals surface area (Å²) in [6, 6.07) is 7.25. The van der Waals surface area contributed by atoms with E-state index < -0.39 is 10.0 Å². The Morgan fingerprint density at radius 3 is 2.68 bits per heavy atom. The molecule has 2 N–H and O–H groups in total. The van der Waals surface area contributed by atoms with Gasteiger partial charge in [0, 0.05) is 32.1 Å². The average molecular weight is 428 g/mol. The minimum absolute atomic E-state index is 0. The highest BCUT2D eigenvalue weighted by Crippen LogP contribution is 2.22. The minimum atomic E-state index is -3.40. The van der Waals surface area contributed by atoms with E-state index in [4.69, 9.17) is 4.52 Å². The SMILES string of the molecule is CN1CCNCC1c1noc(CCc2ccc(S(=O)(=O)NC3CC3)cc2)n1.Cl. The van der Waals surface area contributed by atoms with Gasteiger partial charge in [0.05, 0.1) is 10.9 Å². The number of benzene rings is 1. The monoisotopic (exact) mass is 427 g/mol. The van der Waals surface area contributed by atoms with Gasteiger partial charge in [0.15, 0.2) is 5.82 Å². The molecule has 0 amide bonds. The molecule has 1 saturated heterocycles. The van der Waals surface area contributed by atoms with Crippen molar-refractivity contribution >= 4 is 22.4 Å². The van der Waals surface area contributed by atoms with Gasteiger partial charge in [-0.25, -0.2) is 13.1 Å². The molecule has 0 spiro atoms. The van der Waals surface area contributed by atoms with Gasteiger partial charge in [-0.15, -0.1) is 12.4 Å². The van der Waals surface area contributed by atoms with Crippen molar-refractivity contribution in [2.24, 2.45) is 0 Å². The number of nitrogens with zero attached hydrogens (tertiary/aromatic N) is 3. The lowest BCUT2D eigenvalue weighted by Crippen LogP contribution is -2.44. The molecular weight excluding hydrogens is 402 g/mol. The van der Waals surface area contributed by atoms with E-state index in [9.17, 15) is 8.42 Å². The third-order valence-corrected chi connectivity index (χ3v) is 6.59. The van der Waals surface area contributed by atoms with E-state index in [0.717, 1.165) is 44.5 Å². The normalized spacial score (nSPS) is 20.7. The second-order valence-corrected chi connectivity index (χ2v) is 9.00. The summed E-state index contributed by atoms with van der Waals surface area (Å²) in [5.41, 5.74) is 1.04. The first kappa shape index (κ1) is 21.2. The second kappa shape index (κ2) is 8.87. The molecule has 1 unspecified atom stereocenters. The summed E-state index contributed by atoms with van der Waals surface area (Å²) in [7, 11) is -1.33. The van der Waals surface area contributed by atoms with Crippen molar-refractivity contribution in [3.8, 4) is 0 Å². The highest BCUT2D eigenvalue weighted by atomic mass is 35.5. The zero-order valence-electron chi connectivity index (χ0n) is 15.8. The van der Waals surface area contributed by atoms with E-state index in [2.05, 4.69) is 32.1 Å². The summed E-state index contributed by atoms with van der Waals surface area (Å²) in [5.74, 6) is 1.32. The summed E-state index contributed by atoms with van der Waals surface area (Å²) in [4.78, 5) is 7.06. The number of hydrogen-bond acceptors (Lipinski definition) is 7. The first-order chi connectivity index (χ1) is 13.0. The van der Waals surface area contributed by atoms with Crippen molar-refractivity contribution in [2.75, 3.05) is 26.7 Å². The minimum Gasteiger partial charge on any atom is -0.339 e. The van der Waals surface area contributed by atoms with Crippen molar-refractivity contribution < 1.29 is 12.9 Å². The number of aryl methyl sites for hydroxylation is 2. The second-order valence-electron chi connectivity index (χ2n) is 7.29. The summed E-state index contributed by atoms with van der Waals surface area (Å²) in [5, 5.41) is 7.47. The zero-order valence-corrected chi connectivity index (χ0v) is 17.4. The molecule has 10 heteroatoms. The summed E-state index contributed by atoms with van der Waals surface area (Å²) in [6.45, 7) is 2.75. The van der Waals surface area contributed by atoms with Gasteiger partial charge in [-0.05, 0) is 44.0 Å². The smallest absolute Gasteiger partial charge is 0.240 e. The molecule has 2 aromatic rings. The van der Waals surface area contributed by atoms with E-state index in [0.29, 0.717) is 23.0 Å². The van der Waals surface area contributed by atoms with Crippen LogP contribution in [-0.4, -0.2) is 56.2 Å². The van der Waals surface area contributed by atoms with Crippen LogP contribution in [0.25, 0.3) is 0 Å². The fourth-order valence-electron chi connectivity index (χ4n) is 3.17. The third-order valence-electron chi connectivity index (χ3n) is 5.05. The van der Waals surface area contributed by atoms with Crippen LogP contribution in [0.3, 0.4) is 0 Å². The molecule has 2 fully saturated rings. The van der Waals surface area contributed by atoms with E-state index in [1.54, 1.807) is 12.1 Å². The van der Waals surface area contributed by atoms with Crippen molar-refractivity contribution in [1.29, 1.82) is 0 Å². The Morgan fingerprint density at radius 2 is 2.00 bits per heavy atom. The average Bonchev–Trinajstić information content (AvgIpc) is 3.33. The Bertz CT molecular complexity index is 883. The molecule has 28 heavy (non-hydrogen) atoms. The largest absolute Gasteiger partial charge is 0.339 e. The number of aromatic nitrogens is 2. The molecule has 154 valence electrons. The molecule has 2 aliphatic rings. The number of hydrogen-bond donors (Lipinski definition) is 2. The highest BCUT2D eigenvalue weighted by Gasteiger charge is 2.28. The van der Waals surface area contributed by atoms with Gasteiger partial charge < -0.3 is 9.84 Å². The van der Waals surface area contributed by atoms with Crippen LogP contribution in [0.2, 0.25) is 0 Å². The molecule has 8 nitrogen and oxygen atoms in total. The van der Waals surface area contributed by atoms with Crippen molar-refractivity contribution in [1.82, 2.24) is 25.1 Å². The van der Waals surface area contributed by atoms with Crippen LogP contribution in [0.15, 0.2) is 33.7 Å². The lowest BCUT2D eigenvalue weighted by molar-refractivity contribution is 0.190. The van der Waals surface area contributed by atoms with Crippen LogP contribution in [0, 0.1) is 0 Å². The first-order valence-electron chi connectivity index (χ1n) is 9.36. The van der Waals surface area contributed by atoms with Gasteiger partial charge in [-0.2, -0.15) is 4.98 Å². The van der Waals surface area contributed by atoms with Crippen LogP contribution in [-0.2, 0) is 22.9 Å². The lowest BCUT2D eigenvalue weighted by atomic mass is 10.1. The predicted octanol–water partition coefficient (Wildman–Crippen LogP) is 1.29. The van der Waals surface area contributed by atoms with E-state index in [1.807, 2.05) is 12.1 Å². The van der Waals surface area contributed by atoms with Crippen LogP contribution in [0.4, 0.5) is 0 Å². The van der Waals surface area contributed by atoms with Crippen LogP contribution in [0.5, 0.6) is 0 Å². The number of halogens is 1. The Kier molecular flexibility index (Phi) is 6.72. The zero-order chi connectivity index (χ0) is 18.9. The van der Waals surface area contributed by atoms with E-state index in [-0.39, 0.29) is 24.5 Å². The molecule has 4 rings (SSSR count). The molecule has 1 atom stereocenters. The standard InChI is InChI=1S/C18H25N5O3S.ClH/c1-23-11-10-19-12-16(23)18-20-17(26-21-18)9-4-13-2-7-15(8-3-13)27(24,25)22-14-5-6-14;/h2-3,7-8,14,16,19,22H,4-6,9-12H2,1H3;1H. The maximum Gasteiger partial charge on any atom is 0.240 e. The molecule has 1 aromatic carbocycles.